The van der Waals surface area contributed by atoms with Gasteiger partial charge >= 0.3 is 0 Å². The number of rotatable bonds is 5. The van der Waals surface area contributed by atoms with Gasteiger partial charge in [-0.15, -0.1) is 10.2 Å². The number of aromatic nitrogens is 3. The number of thiocarbonyl (C=S) groups is 1. The maximum atomic E-state index is 12.7. The second kappa shape index (κ2) is 9.25. The molecule has 0 unspecified atom stereocenters. The minimum Gasteiger partial charge on any atom is -0.497 e. The van der Waals surface area contributed by atoms with Gasteiger partial charge in [-0.05, 0) is 79.7 Å². The number of hydrogen-bond acceptors (Lipinski definition) is 6. The van der Waals surface area contributed by atoms with E-state index < -0.39 is 0 Å². The van der Waals surface area contributed by atoms with Crippen molar-refractivity contribution >= 4 is 40.0 Å². The Balaban J connectivity index is 1.53. The Morgan fingerprint density at radius 3 is 2.30 bits per heavy atom. The number of para-hydroxylation sites is 1. The maximum absolute atomic E-state index is 12.7. The molecule has 1 heterocycles. The molecule has 2 N–H and O–H groups in total. The van der Waals surface area contributed by atoms with Gasteiger partial charge in [-0.3, -0.25) is 10.1 Å². The molecule has 0 aliphatic heterocycles. The zero-order valence-electron chi connectivity index (χ0n) is 18.7. The molecule has 0 spiro atoms. The average molecular weight is 462 g/mol. The lowest BCUT2D eigenvalue weighted by Crippen LogP contribution is -2.34. The summed E-state index contributed by atoms with van der Waals surface area (Å²) < 4.78 is 10.6. The zero-order chi connectivity index (χ0) is 23.5. The van der Waals surface area contributed by atoms with Crippen molar-refractivity contribution in [2.75, 3.05) is 19.5 Å². The number of anilines is 1. The summed E-state index contributed by atoms with van der Waals surface area (Å²) in [5, 5.41) is 15.1. The lowest BCUT2D eigenvalue weighted by Gasteiger charge is -2.14. The van der Waals surface area contributed by atoms with E-state index in [0.717, 1.165) is 33.8 Å². The Labute approximate surface area is 196 Å². The number of nitrogens with one attached hydrogen (secondary N) is 2. The van der Waals surface area contributed by atoms with Crippen LogP contribution >= 0.6 is 12.2 Å². The highest BCUT2D eigenvalue weighted by Gasteiger charge is 2.16. The molecular formula is C24H23N5O3S. The lowest BCUT2D eigenvalue weighted by molar-refractivity contribution is 0.0974. The molecule has 0 atom stereocenters. The Bertz CT molecular complexity index is 1350. The van der Waals surface area contributed by atoms with E-state index in [-0.39, 0.29) is 11.0 Å². The van der Waals surface area contributed by atoms with Gasteiger partial charge in [0.05, 0.1) is 25.5 Å². The molecule has 0 saturated heterocycles. The third kappa shape index (κ3) is 4.63. The summed E-state index contributed by atoms with van der Waals surface area (Å²) in [5.74, 6) is 0.930. The van der Waals surface area contributed by atoms with Gasteiger partial charge in [-0.2, -0.15) is 4.80 Å². The van der Waals surface area contributed by atoms with Gasteiger partial charge in [0.15, 0.2) is 5.11 Å². The van der Waals surface area contributed by atoms with E-state index in [0.29, 0.717) is 16.8 Å². The maximum Gasteiger partial charge on any atom is 0.261 e. The third-order valence-corrected chi connectivity index (χ3v) is 5.37. The molecule has 1 aromatic heterocycles. The van der Waals surface area contributed by atoms with Gasteiger partial charge in [-0.1, -0.05) is 12.1 Å². The predicted octanol–water partition coefficient (Wildman–Crippen LogP) is 4.18. The summed E-state index contributed by atoms with van der Waals surface area (Å²) in [4.78, 5) is 14.3. The Morgan fingerprint density at radius 2 is 1.64 bits per heavy atom. The highest BCUT2D eigenvalue weighted by molar-refractivity contribution is 7.80. The van der Waals surface area contributed by atoms with Crippen LogP contribution < -0.4 is 20.1 Å². The molecule has 1 amide bonds. The van der Waals surface area contributed by atoms with Crippen molar-refractivity contribution in [1.82, 2.24) is 20.3 Å². The fourth-order valence-corrected chi connectivity index (χ4v) is 3.66. The highest BCUT2D eigenvalue weighted by Crippen LogP contribution is 2.24. The van der Waals surface area contributed by atoms with E-state index >= 15 is 0 Å². The number of carbonyl (C=O) groups excluding carboxylic acids is 1. The fourth-order valence-electron chi connectivity index (χ4n) is 3.46. The number of methoxy groups -OCH3 is 2. The van der Waals surface area contributed by atoms with Crippen molar-refractivity contribution in [3.05, 3.63) is 71.3 Å². The SMILES string of the molecule is COc1ccc(-n2nc3cc(C)c(NC(=S)NC(=O)c4cccc(C)c4OC)cc3n2)cc1. The molecule has 4 rings (SSSR count). The van der Waals surface area contributed by atoms with Crippen LogP contribution in [0.4, 0.5) is 5.69 Å². The van der Waals surface area contributed by atoms with Crippen LogP contribution in [0.2, 0.25) is 0 Å². The molecule has 8 nitrogen and oxygen atoms in total. The molecule has 9 heteroatoms. The summed E-state index contributed by atoms with van der Waals surface area (Å²) in [6.45, 7) is 3.81. The quantitative estimate of drug-likeness (QED) is 0.431. The number of amides is 1. The van der Waals surface area contributed by atoms with Crippen molar-refractivity contribution in [3.8, 4) is 17.2 Å². The molecule has 33 heavy (non-hydrogen) atoms. The highest BCUT2D eigenvalue weighted by atomic mass is 32.1. The first kappa shape index (κ1) is 22.2. The minimum atomic E-state index is -0.350. The van der Waals surface area contributed by atoms with Crippen molar-refractivity contribution in [1.29, 1.82) is 0 Å². The summed E-state index contributed by atoms with van der Waals surface area (Å²) in [5.41, 5.74) is 5.16. The molecule has 0 aliphatic carbocycles. The van der Waals surface area contributed by atoms with Gasteiger partial charge in [0.1, 0.15) is 22.5 Å². The topological polar surface area (TPSA) is 90.3 Å². The van der Waals surface area contributed by atoms with E-state index in [2.05, 4.69) is 20.8 Å². The average Bonchev–Trinajstić information content (AvgIpc) is 3.21. The number of aryl methyl sites for hydroxylation is 2. The number of ether oxygens (including phenoxy) is 2. The summed E-state index contributed by atoms with van der Waals surface area (Å²) >= 11 is 5.38. The van der Waals surface area contributed by atoms with E-state index in [1.54, 1.807) is 24.0 Å². The smallest absolute Gasteiger partial charge is 0.261 e. The largest absolute Gasteiger partial charge is 0.497 e. The molecule has 0 saturated carbocycles. The molecule has 0 aliphatic rings. The monoisotopic (exact) mass is 461 g/mol. The van der Waals surface area contributed by atoms with Crippen LogP contribution in [0.25, 0.3) is 16.7 Å². The van der Waals surface area contributed by atoms with Gasteiger partial charge in [-0.25, -0.2) is 0 Å². The van der Waals surface area contributed by atoms with Crippen molar-refractivity contribution < 1.29 is 14.3 Å². The first-order chi connectivity index (χ1) is 15.9. The Hall–Kier alpha value is -3.98. The first-order valence-electron chi connectivity index (χ1n) is 10.2. The third-order valence-electron chi connectivity index (χ3n) is 5.17. The van der Waals surface area contributed by atoms with Crippen LogP contribution in [0, 0.1) is 13.8 Å². The van der Waals surface area contributed by atoms with Crippen LogP contribution in [0.15, 0.2) is 54.6 Å². The molecule has 0 radical (unpaired) electrons. The van der Waals surface area contributed by atoms with Gasteiger partial charge in [0, 0.05) is 5.69 Å². The number of carbonyl (C=O) groups is 1. The molecule has 0 bridgehead atoms. The van der Waals surface area contributed by atoms with E-state index in [1.165, 1.54) is 7.11 Å². The van der Waals surface area contributed by atoms with Gasteiger partial charge in [0.2, 0.25) is 0 Å². The number of hydrogen-bond donors (Lipinski definition) is 2. The van der Waals surface area contributed by atoms with E-state index in [1.807, 2.05) is 56.3 Å². The number of fused-ring (bicyclic) bond motifs is 1. The van der Waals surface area contributed by atoms with E-state index in [4.69, 9.17) is 21.7 Å². The minimum absolute atomic E-state index is 0.175. The standard InChI is InChI=1S/C24H23N5O3S/c1-14-6-5-7-18(22(14)32-4)23(30)26-24(33)25-19-13-21-20(12-15(19)2)27-29(28-21)16-8-10-17(31-3)11-9-16/h5-13H,1-4H3,(H2,25,26,30,33). The predicted molar refractivity (Wildman–Crippen MR) is 132 cm³/mol. The van der Waals surface area contributed by atoms with Crippen molar-refractivity contribution in [2.24, 2.45) is 0 Å². The Kier molecular flexibility index (Phi) is 6.23. The number of nitrogens with zero attached hydrogens (tertiary/aromatic N) is 3. The van der Waals surface area contributed by atoms with Crippen LogP contribution in [-0.2, 0) is 0 Å². The Morgan fingerprint density at radius 1 is 0.939 bits per heavy atom. The van der Waals surface area contributed by atoms with Crippen LogP contribution in [0.3, 0.4) is 0 Å². The molecule has 168 valence electrons. The number of benzene rings is 3. The normalized spacial score (nSPS) is 10.7. The van der Waals surface area contributed by atoms with Crippen LogP contribution in [0.1, 0.15) is 21.5 Å². The summed E-state index contributed by atoms with van der Waals surface area (Å²) in [6.07, 6.45) is 0. The zero-order valence-corrected chi connectivity index (χ0v) is 19.5. The first-order valence-corrected chi connectivity index (χ1v) is 10.6. The second-order valence-corrected chi connectivity index (χ2v) is 7.82. The second-order valence-electron chi connectivity index (χ2n) is 7.41. The summed E-state index contributed by atoms with van der Waals surface area (Å²) in [6, 6.07) is 16.6. The van der Waals surface area contributed by atoms with Crippen LogP contribution in [-0.4, -0.2) is 40.2 Å². The van der Waals surface area contributed by atoms with Gasteiger partial charge in [0.25, 0.3) is 5.91 Å². The van der Waals surface area contributed by atoms with Crippen molar-refractivity contribution in [2.45, 2.75) is 13.8 Å². The molecule has 0 fully saturated rings. The summed E-state index contributed by atoms with van der Waals surface area (Å²) in [7, 11) is 3.16. The van der Waals surface area contributed by atoms with Gasteiger partial charge < -0.3 is 14.8 Å². The molecular weight excluding hydrogens is 438 g/mol. The molecule has 3 aromatic carbocycles. The fraction of sp³-hybridized carbons (Fsp3) is 0.167. The molecule has 4 aromatic rings. The lowest BCUT2D eigenvalue weighted by atomic mass is 10.1. The van der Waals surface area contributed by atoms with E-state index in [9.17, 15) is 4.79 Å². The van der Waals surface area contributed by atoms with Crippen molar-refractivity contribution in [3.63, 3.8) is 0 Å². The van der Waals surface area contributed by atoms with Crippen LogP contribution in [0.5, 0.6) is 11.5 Å².